The van der Waals surface area contributed by atoms with Crippen LogP contribution >= 0.6 is 0 Å². The summed E-state index contributed by atoms with van der Waals surface area (Å²) < 4.78 is 14.9. The van der Waals surface area contributed by atoms with Crippen molar-refractivity contribution in [1.82, 2.24) is 5.32 Å². The Morgan fingerprint density at radius 2 is 1.69 bits per heavy atom. The summed E-state index contributed by atoms with van der Waals surface area (Å²) in [6.07, 6.45) is 2.33. The number of amides is 2. The van der Waals surface area contributed by atoms with Gasteiger partial charge in [-0.2, -0.15) is 0 Å². The van der Waals surface area contributed by atoms with Gasteiger partial charge in [0.2, 0.25) is 5.91 Å². The summed E-state index contributed by atoms with van der Waals surface area (Å²) in [7, 11) is 1.58. The van der Waals surface area contributed by atoms with Gasteiger partial charge in [-0.15, -0.1) is 0 Å². The number of hydrogen-bond donors (Lipinski definition) is 2. The summed E-state index contributed by atoms with van der Waals surface area (Å²) in [5.74, 6) is 0.360. The highest BCUT2D eigenvalue weighted by Gasteiger charge is 2.11. The normalized spacial score (nSPS) is 10.5. The van der Waals surface area contributed by atoms with Gasteiger partial charge in [-0.3, -0.25) is 9.59 Å². The molecule has 3 aromatic rings. The zero-order valence-electron chi connectivity index (χ0n) is 19.4. The lowest BCUT2D eigenvalue weighted by molar-refractivity contribution is -0.116. The van der Waals surface area contributed by atoms with E-state index in [1.807, 2.05) is 36.4 Å². The summed E-state index contributed by atoms with van der Waals surface area (Å²) in [5.41, 5.74) is 2.53. The average Bonchev–Trinajstić information content (AvgIpc) is 2.87. The monoisotopic (exact) mass is 474 g/mol. The van der Waals surface area contributed by atoms with Crippen molar-refractivity contribution in [2.75, 3.05) is 19.0 Å². The lowest BCUT2D eigenvalue weighted by atomic mass is 10.1. The number of methoxy groups -OCH3 is 1. The van der Waals surface area contributed by atoms with E-state index in [-0.39, 0.29) is 30.7 Å². The average molecular weight is 475 g/mol. The molecule has 2 N–H and O–H groups in total. The lowest BCUT2D eigenvalue weighted by Crippen LogP contribution is -2.22. The number of hydrogen-bond acceptors (Lipinski definition) is 6. The number of ether oxygens (including phenoxy) is 3. The first-order chi connectivity index (χ1) is 17.0. The molecular weight excluding hydrogens is 448 g/mol. The van der Waals surface area contributed by atoms with E-state index >= 15 is 0 Å². The second kappa shape index (κ2) is 12.6. The SMILES string of the molecule is CCOC(=O)Oc1ccc(C(=O)Nc2ccccc2CNC(=O)/C=C/c2cccc(OC)c2)cc1. The number of rotatable bonds is 9. The quantitative estimate of drug-likeness (QED) is 0.262. The van der Waals surface area contributed by atoms with Crippen molar-refractivity contribution in [2.24, 2.45) is 0 Å². The fraction of sp³-hybridized carbons (Fsp3) is 0.148. The van der Waals surface area contributed by atoms with Crippen molar-refractivity contribution in [3.8, 4) is 11.5 Å². The summed E-state index contributed by atoms with van der Waals surface area (Å²) in [5, 5.41) is 5.67. The molecule has 0 aliphatic heterocycles. The summed E-state index contributed by atoms with van der Waals surface area (Å²) in [4.78, 5) is 36.4. The molecule has 3 aromatic carbocycles. The zero-order valence-corrected chi connectivity index (χ0v) is 19.4. The molecule has 8 nitrogen and oxygen atoms in total. The van der Waals surface area contributed by atoms with Crippen LogP contribution in [-0.4, -0.2) is 31.7 Å². The van der Waals surface area contributed by atoms with Gasteiger partial charge in [-0.25, -0.2) is 4.79 Å². The van der Waals surface area contributed by atoms with Gasteiger partial charge in [0.15, 0.2) is 0 Å². The number of carbonyl (C=O) groups excluding carboxylic acids is 3. The van der Waals surface area contributed by atoms with E-state index in [0.29, 0.717) is 17.0 Å². The molecule has 0 atom stereocenters. The molecule has 0 spiro atoms. The smallest absolute Gasteiger partial charge is 0.497 e. The maximum absolute atomic E-state index is 12.7. The number of para-hydroxylation sites is 1. The van der Waals surface area contributed by atoms with Crippen molar-refractivity contribution in [3.05, 3.63) is 95.6 Å². The highest BCUT2D eigenvalue weighted by Crippen LogP contribution is 2.18. The van der Waals surface area contributed by atoms with Crippen LogP contribution in [0.5, 0.6) is 11.5 Å². The second-order valence-corrected chi connectivity index (χ2v) is 7.25. The molecule has 0 unspecified atom stereocenters. The van der Waals surface area contributed by atoms with Crippen LogP contribution in [0.2, 0.25) is 0 Å². The Kier molecular flexibility index (Phi) is 9.01. The van der Waals surface area contributed by atoms with Gasteiger partial charge < -0.3 is 24.8 Å². The number of nitrogens with one attached hydrogen (secondary N) is 2. The molecule has 0 heterocycles. The van der Waals surface area contributed by atoms with Gasteiger partial charge in [-0.05, 0) is 66.6 Å². The zero-order chi connectivity index (χ0) is 25.0. The van der Waals surface area contributed by atoms with Crippen LogP contribution in [0.25, 0.3) is 6.08 Å². The number of anilines is 1. The van der Waals surface area contributed by atoms with Crippen molar-refractivity contribution in [2.45, 2.75) is 13.5 Å². The van der Waals surface area contributed by atoms with Gasteiger partial charge in [0.25, 0.3) is 5.91 Å². The molecule has 0 radical (unpaired) electrons. The molecule has 3 rings (SSSR count). The minimum Gasteiger partial charge on any atom is -0.497 e. The molecular formula is C27H26N2O6. The van der Waals surface area contributed by atoms with Crippen LogP contribution in [0.3, 0.4) is 0 Å². The van der Waals surface area contributed by atoms with Crippen molar-refractivity contribution >= 4 is 29.7 Å². The summed E-state index contributed by atoms with van der Waals surface area (Å²) in [6, 6.07) is 20.6. The highest BCUT2D eigenvalue weighted by molar-refractivity contribution is 6.04. The van der Waals surface area contributed by atoms with E-state index in [1.165, 1.54) is 30.3 Å². The van der Waals surface area contributed by atoms with Crippen LogP contribution < -0.4 is 20.1 Å². The maximum Gasteiger partial charge on any atom is 0.513 e. The third-order valence-corrected chi connectivity index (χ3v) is 4.82. The molecule has 35 heavy (non-hydrogen) atoms. The Bertz CT molecular complexity index is 1200. The third kappa shape index (κ3) is 7.75. The number of benzene rings is 3. The maximum atomic E-state index is 12.7. The summed E-state index contributed by atoms with van der Waals surface area (Å²) >= 11 is 0. The lowest BCUT2D eigenvalue weighted by Gasteiger charge is -2.12. The molecule has 0 bridgehead atoms. The van der Waals surface area contributed by atoms with Gasteiger partial charge in [-0.1, -0.05) is 30.3 Å². The van der Waals surface area contributed by atoms with Gasteiger partial charge >= 0.3 is 6.16 Å². The van der Waals surface area contributed by atoms with E-state index in [2.05, 4.69) is 10.6 Å². The van der Waals surface area contributed by atoms with Crippen molar-refractivity contribution in [3.63, 3.8) is 0 Å². The first-order valence-corrected chi connectivity index (χ1v) is 10.9. The Morgan fingerprint density at radius 3 is 2.43 bits per heavy atom. The molecule has 0 aliphatic rings. The molecule has 0 aliphatic carbocycles. The van der Waals surface area contributed by atoms with E-state index in [0.717, 1.165) is 11.1 Å². The molecule has 180 valence electrons. The number of carbonyl (C=O) groups is 3. The first-order valence-electron chi connectivity index (χ1n) is 10.9. The second-order valence-electron chi connectivity index (χ2n) is 7.25. The molecule has 2 amide bonds. The molecule has 0 fully saturated rings. The van der Waals surface area contributed by atoms with Crippen LogP contribution in [0.1, 0.15) is 28.4 Å². The third-order valence-electron chi connectivity index (χ3n) is 4.82. The van der Waals surface area contributed by atoms with Crippen molar-refractivity contribution in [1.29, 1.82) is 0 Å². The summed E-state index contributed by atoms with van der Waals surface area (Å²) in [6.45, 7) is 2.11. The van der Waals surface area contributed by atoms with Gasteiger partial charge in [0.1, 0.15) is 11.5 Å². The fourth-order valence-electron chi connectivity index (χ4n) is 3.07. The highest BCUT2D eigenvalue weighted by atomic mass is 16.7. The van der Waals surface area contributed by atoms with Crippen LogP contribution in [0.4, 0.5) is 10.5 Å². The van der Waals surface area contributed by atoms with Crippen LogP contribution in [0.15, 0.2) is 78.9 Å². The Morgan fingerprint density at radius 1 is 0.914 bits per heavy atom. The largest absolute Gasteiger partial charge is 0.513 e. The fourth-order valence-corrected chi connectivity index (χ4v) is 3.07. The van der Waals surface area contributed by atoms with E-state index < -0.39 is 6.16 Å². The van der Waals surface area contributed by atoms with E-state index in [4.69, 9.17) is 14.2 Å². The minimum absolute atomic E-state index is 0.206. The van der Waals surface area contributed by atoms with Crippen LogP contribution in [-0.2, 0) is 16.1 Å². The molecule has 0 saturated carbocycles. The Hall–Kier alpha value is -4.59. The Labute approximate surface area is 203 Å². The predicted octanol–water partition coefficient (Wildman–Crippen LogP) is 4.81. The van der Waals surface area contributed by atoms with Crippen LogP contribution in [0, 0.1) is 0 Å². The molecule has 8 heteroatoms. The van der Waals surface area contributed by atoms with Gasteiger partial charge in [0.05, 0.1) is 13.7 Å². The molecule has 0 saturated heterocycles. The van der Waals surface area contributed by atoms with E-state index in [9.17, 15) is 14.4 Å². The van der Waals surface area contributed by atoms with Crippen molar-refractivity contribution < 1.29 is 28.6 Å². The Balaban J connectivity index is 1.58. The molecule has 0 aromatic heterocycles. The van der Waals surface area contributed by atoms with E-state index in [1.54, 1.807) is 32.2 Å². The topological polar surface area (TPSA) is 103 Å². The predicted molar refractivity (Wildman–Crippen MR) is 132 cm³/mol. The first kappa shape index (κ1) is 25.0. The minimum atomic E-state index is -0.806. The standard InChI is InChI=1S/C27H26N2O6/c1-3-34-27(32)35-22-14-12-20(13-15-22)26(31)29-24-10-5-4-8-21(24)18-28-25(30)16-11-19-7-6-9-23(17-19)33-2/h4-17H,3,18H2,1-2H3,(H,28,30)(H,29,31)/b16-11+. The van der Waals surface area contributed by atoms with Gasteiger partial charge in [0, 0.05) is 23.9 Å².